The molecule has 4 heteroatoms. The fraction of sp³-hybridized carbons (Fsp3) is 0.417. The second-order valence-corrected chi connectivity index (χ2v) is 3.92. The largest absolute Gasteiger partial charge is 0.468 e. The van der Waals surface area contributed by atoms with E-state index in [1.165, 1.54) is 0 Å². The van der Waals surface area contributed by atoms with E-state index in [0.717, 1.165) is 22.8 Å². The van der Waals surface area contributed by atoms with Gasteiger partial charge in [0.1, 0.15) is 11.5 Å². The van der Waals surface area contributed by atoms with Crippen LogP contribution in [0.5, 0.6) is 0 Å². The molecule has 4 nitrogen and oxygen atoms in total. The summed E-state index contributed by atoms with van der Waals surface area (Å²) in [5.41, 5.74) is 2.07. The van der Waals surface area contributed by atoms with Crippen LogP contribution >= 0.6 is 0 Å². The molecule has 0 amide bonds. The van der Waals surface area contributed by atoms with Crippen LogP contribution in [-0.4, -0.2) is 5.16 Å². The van der Waals surface area contributed by atoms with Gasteiger partial charge in [-0.3, -0.25) is 0 Å². The van der Waals surface area contributed by atoms with Gasteiger partial charge in [-0.2, -0.15) is 0 Å². The summed E-state index contributed by atoms with van der Waals surface area (Å²) in [6.07, 6.45) is 1.68. The molecule has 1 N–H and O–H groups in total. The van der Waals surface area contributed by atoms with Gasteiger partial charge in [0.25, 0.3) is 0 Å². The van der Waals surface area contributed by atoms with Crippen LogP contribution in [0.2, 0.25) is 0 Å². The lowest BCUT2D eigenvalue weighted by Crippen LogP contribution is -2.18. The van der Waals surface area contributed by atoms with Gasteiger partial charge in [0.15, 0.2) is 0 Å². The van der Waals surface area contributed by atoms with Crippen LogP contribution in [0.3, 0.4) is 0 Å². The first-order valence-corrected chi connectivity index (χ1v) is 5.37. The first-order chi connectivity index (χ1) is 7.68. The average molecular weight is 220 g/mol. The second kappa shape index (κ2) is 4.53. The molecule has 0 bridgehead atoms. The number of aromatic nitrogens is 1. The Bertz CT molecular complexity index is 426. The molecule has 2 aromatic rings. The van der Waals surface area contributed by atoms with Crippen LogP contribution in [-0.2, 0) is 6.54 Å². The third-order valence-corrected chi connectivity index (χ3v) is 2.68. The first-order valence-electron chi connectivity index (χ1n) is 5.37. The van der Waals surface area contributed by atoms with E-state index in [1.54, 1.807) is 6.26 Å². The normalized spacial score (nSPS) is 12.9. The molecule has 0 aliphatic carbocycles. The number of nitrogens with one attached hydrogen (secondary N) is 1. The maximum atomic E-state index is 5.26. The van der Waals surface area contributed by atoms with Crippen LogP contribution < -0.4 is 5.32 Å². The van der Waals surface area contributed by atoms with Gasteiger partial charge in [0.2, 0.25) is 0 Å². The number of rotatable bonds is 4. The SMILES string of the molecule is Cc1noc(C)c1C(C)NCc1ccco1. The van der Waals surface area contributed by atoms with E-state index in [2.05, 4.69) is 17.4 Å². The van der Waals surface area contributed by atoms with Crippen molar-refractivity contribution in [1.29, 1.82) is 0 Å². The van der Waals surface area contributed by atoms with Crippen molar-refractivity contribution in [2.75, 3.05) is 0 Å². The molecule has 0 fully saturated rings. The highest BCUT2D eigenvalue weighted by atomic mass is 16.5. The number of hydrogen-bond donors (Lipinski definition) is 1. The summed E-state index contributed by atoms with van der Waals surface area (Å²) in [4.78, 5) is 0. The molecule has 0 radical (unpaired) electrons. The van der Waals surface area contributed by atoms with Gasteiger partial charge in [-0.25, -0.2) is 0 Å². The Morgan fingerprint density at radius 3 is 2.81 bits per heavy atom. The van der Waals surface area contributed by atoms with Gasteiger partial charge in [-0.15, -0.1) is 0 Å². The number of nitrogens with zero attached hydrogens (tertiary/aromatic N) is 1. The summed E-state index contributed by atoms with van der Waals surface area (Å²) in [7, 11) is 0. The van der Waals surface area contributed by atoms with Crippen molar-refractivity contribution in [3.05, 3.63) is 41.2 Å². The van der Waals surface area contributed by atoms with Gasteiger partial charge >= 0.3 is 0 Å². The van der Waals surface area contributed by atoms with Crippen molar-refractivity contribution < 1.29 is 8.94 Å². The predicted molar refractivity (Wildman–Crippen MR) is 59.9 cm³/mol. The molecule has 86 valence electrons. The fourth-order valence-corrected chi connectivity index (χ4v) is 1.88. The fourth-order valence-electron chi connectivity index (χ4n) is 1.88. The summed E-state index contributed by atoms with van der Waals surface area (Å²) in [6.45, 7) is 6.69. The maximum Gasteiger partial charge on any atom is 0.138 e. The Morgan fingerprint density at radius 1 is 1.44 bits per heavy atom. The van der Waals surface area contributed by atoms with Crippen molar-refractivity contribution in [3.63, 3.8) is 0 Å². The number of hydrogen-bond acceptors (Lipinski definition) is 4. The van der Waals surface area contributed by atoms with Gasteiger partial charge in [0.05, 0.1) is 18.5 Å². The Balaban J connectivity index is 2.01. The van der Waals surface area contributed by atoms with E-state index in [-0.39, 0.29) is 6.04 Å². The highest BCUT2D eigenvalue weighted by Gasteiger charge is 2.15. The molecule has 0 saturated heterocycles. The highest BCUT2D eigenvalue weighted by molar-refractivity contribution is 5.24. The smallest absolute Gasteiger partial charge is 0.138 e. The number of aryl methyl sites for hydroxylation is 2. The molecule has 0 spiro atoms. The second-order valence-electron chi connectivity index (χ2n) is 3.92. The van der Waals surface area contributed by atoms with E-state index in [1.807, 2.05) is 26.0 Å². The van der Waals surface area contributed by atoms with Gasteiger partial charge in [-0.1, -0.05) is 5.16 Å². The van der Waals surface area contributed by atoms with E-state index >= 15 is 0 Å². The molecule has 0 aromatic carbocycles. The van der Waals surface area contributed by atoms with E-state index in [0.29, 0.717) is 6.54 Å². The zero-order valence-corrected chi connectivity index (χ0v) is 9.78. The molecule has 16 heavy (non-hydrogen) atoms. The monoisotopic (exact) mass is 220 g/mol. The average Bonchev–Trinajstić information content (AvgIpc) is 2.86. The molecule has 1 unspecified atom stereocenters. The van der Waals surface area contributed by atoms with Crippen LogP contribution in [0.4, 0.5) is 0 Å². The lowest BCUT2D eigenvalue weighted by atomic mass is 10.1. The molecule has 0 aliphatic rings. The van der Waals surface area contributed by atoms with E-state index in [9.17, 15) is 0 Å². The summed E-state index contributed by atoms with van der Waals surface area (Å²) >= 11 is 0. The topological polar surface area (TPSA) is 51.2 Å². The van der Waals surface area contributed by atoms with Gasteiger partial charge < -0.3 is 14.3 Å². The Morgan fingerprint density at radius 2 is 2.25 bits per heavy atom. The first kappa shape index (κ1) is 11.0. The molecule has 2 heterocycles. The standard InChI is InChI=1S/C12H16N2O2/c1-8(12-9(2)14-16-10(12)3)13-7-11-5-4-6-15-11/h4-6,8,13H,7H2,1-3H3. The zero-order valence-electron chi connectivity index (χ0n) is 9.78. The molecular weight excluding hydrogens is 204 g/mol. The zero-order chi connectivity index (χ0) is 11.5. The third-order valence-electron chi connectivity index (χ3n) is 2.68. The maximum absolute atomic E-state index is 5.26. The van der Waals surface area contributed by atoms with Gasteiger partial charge in [0, 0.05) is 11.6 Å². The Labute approximate surface area is 94.6 Å². The third kappa shape index (κ3) is 2.17. The highest BCUT2D eigenvalue weighted by Crippen LogP contribution is 2.21. The lowest BCUT2D eigenvalue weighted by molar-refractivity contribution is 0.389. The summed E-state index contributed by atoms with van der Waals surface area (Å²) in [6, 6.07) is 4.04. The Hall–Kier alpha value is -1.55. The van der Waals surface area contributed by atoms with Crippen LogP contribution in [0.1, 0.15) is 35.7 Å². The molecule has 2 rings (SSSR count). The van der Waals surface area contributed by atoms with Gasteiger partial charge in [-0.05, 0) is 32.9 Å². The number of furan rings is 1. The van der Waals surface area contributed by atoms with E-state index in [4.69, 9.17) is 8.94 Å². The van der Waals surface area contributed by atoms with Crippen molar-refractivity contribution in [2.45, 2.75) is 33.4 Å². The molecule has 1 atom stereocenters. The summed E-state index contributed by atoms with van der Waals surface area (Å²) in [5, 5.41) is 7.32. The van der Waals surface area contributed by atoms with Crippen LogP contribution in [0, 0.1) is 13.8 Å². The predicted octanol–water partition coefficient (Wildman–Crippen LogP) is 2.74. The quantitative estimate of drug-likeness (QED) is 0.860. The van der Waals surface area contributed by atoms with Crippen molar-refractivity contribution >= 4 is 0 Å². The molecule has 2 aromatic heterocycles. The Kier molecular flexibility index (Phi) is 3.10. The summed E-state index contributed by atoms with van der Waals surface area (Å²) < 4.78 is 10.4. The summed E-state index contributed by atoms with van der Waals surface area (Å²) in [5.74, 6) is 1.80. The van der Waals surface area contributed by atoms with Crippen molar-refractivity contribution in [1.82, 2.24) is 10.5 Å². The molecule has 0 saturated carbocycles. The lowest BCUT2D eigenvalue weighted by Gasteiger charge is -2.12. The minimum Gasteiger partial charge on any atom is -0.468 e. The molecule has 0 aliphatic heterocycles. The molecular formula is C12H16N2O2. The van der Waals surface area contributed by atoms with Crippen LogP contribution in [0.15, 0.2) is 27.3 Å². The van der Waals surface area contributed by atoms with Crippen molar-refractivity contribution in [3.8, 4) is 0 Å². The van der Waals surface area contributed by atoms with Crippen molar-refractivity contribution in [2.24, 2.45) is 0 Å². The van der Waals surface area contributed by atoms with Crippen LogP contribution in [0.25, 0.3) is 0 Å². The minimum atomic E-state index is 0.205. The van der Waals surface area contributed by atoms with E-state index < -0.39 is 0 Å². The minimum absolute atomic E-state index is 0.205.